The number of hydrogen-bond donors (Lipinski definition) is 2. The number of benzene rings is 1. The van der Waals surface area contributed by atoms with Gasteiger partial charge in [0.25, 0.3) is 0 Å². The highest BCUT2D eigenvalue weighted by molar-refractivity contribution is 7.89. The molecule has 0 aromatic heterocycles. The van der Waals surface area contributed by atoms with Crippen molar-refractivity contribution < 1.29 is 36.3 Å². The van der Waals surface area contributed by atoms with Gasteiger partial charge in [-0.1, -0.05) is 19.9 Å². The number of sulfonamides is 1. The molecule has 2 aliphatic rings. The third kappa shape index (κ3) is 5.11. The summed E-state index contributed by atoms with van der Waals surface area (Å²) in [6.07, 6.45) is -4.60. The molecule has 1 aromatic carbocycles. The molecule has 2 fully saturated rings. The number of carbonyl (C=O) groups excluding carboxylic acids is 1. The SMILES string of the molecule is CC(C)C(C(=O)N[C@H]1CC[C@@H]2CN(S(=O)(=O)c3cccc(C(F)(F)F)c3)CC21)N(C)C(=O)O. The number of nitrogens with one attached hydrogen (secondary N) is 1. The zero-order chi connectivity index (χ0) is 24.7. The zero-order valence-electron chi connectivity index (χ0n) is 18.5. The fraction of sp³-hybridized carbons (Fsp3) is 0.619. The molecule has 12 heteroatoms. The topological polar surface area (TPSA) is 107 Å². The molecule has 1 heterocycles. The van der Waals surface area contributed by atoms with E-state index in [1.54, 1.807) is 13.8 Å². The van der Waals surface area contributed by atoms with Gasteiger partial charge in [-0.15, -0.1) is 0 Å². The molecule has 8 nitrogen and oxygen atoms in total. The van der Waals surface area contributed by atoms with Gasteiger partial charge in [-0.3, -0.25) is 9.69 Å². The monoisotopic (exact) mass is 491 g/mol. The Morgan fingerprint density at radius 3 is 2.45 bits per heavy atom. The summed E-state index contributed by atoms with van der Waals surface area (Å²) >= 11 is 0. The summed E-state index contributed by atoms with van der Waals surface area (Å²) in [5.74, 6) is -0.951. The summed E-state index contributed by atoms with van der Waals surface area (Å²) < 4.78 is 66.4. The van der Waals surface area contributed by atoms with Gasteiger partial charge in [-0.05, 0) is 48.8 Å². The molecular weight excluding hydrogens is 463 g/mol. The van der Waals surface area contributed by atoms with Crippen LogP contribution in [0.5, 0.6) is 0 Å². The van der Waals surface area contributed by atoms with E-state index in [0.717, 1.165) is 23.1 Å². The van der Waals surface area contributed by atoms with Crippen LogP contribution < -0.4 is 5.32 Å². The van der Waals surface area contributed by atoms with Crippen molar-refractivity contribution in [3.63, 3.8) is 0 Å². The molecule has 184 valence electrons. The number of rotatable bonds is 6. The van der Waals surface area contributed by atoms with E-state index in [9.17, 15) is 36.3 Å². The Balaban J connectivity index is 1.74. The van der Waals surface area contributed by atoms with Crippen LogP contribution in [0.1, 0.15) is 32.3 Å². The maximum Gasteiger partial charge on any atom is 0.416 e. The lowest BCUT2D eigenvalue weighted by molar-refractivity contribution is -0.137. The second-order valence-corrected chi connectivity index (χ2v) is 11.0. The first-order valence-corrected chi connectivity index (χ1v) is 12.1. The van der Waals surface area contributed by atoms with Crippen LogP contribution in [0.15, 0.2) is 29.2 Å². The van der Waals surface area contributed by atoms with Crippen molar-refractivity contribution in [2.24, 2.45) is 17.8 Å². The van der Waals surface area contributed by atoms with Gasteiger partial charge in [0.1, 0.15) is 6.04 Å². The molecule has 0 spiro atoms. The van der Waals surface area contributed by atoms with E-state index in [2.05, 4.69) is 5.32 Å². The lowest BCUT2D eigenvalue weighted by Gasteiger charge is -2.30. The van der Waals surface area contributed by atoms with Crippen molar-refractivity contribution in [1.29, 1.82) is 0 Å². The van der Waals surface area contributed by atoms with Crippen molar-refractivity contribution in [2.75, 3.05) is 20.1 Å². The molecular formula is C21H28F3N3O5S. The number of carbonyl (C=O) groups is 2. The Labute approximate surface area is 190 Å². The van der Waals surface area contributed by atoms with E-state index in [0.29, 0.717) is 18.9 Å². The van der Waals surface area contributed by atoms with Gasteiger partial charge in [-0.2, -0.15) is 17.5 Å². The molecule has 1 aliphatic heterocycles. The summed E-state index contributed by atoms with van der Waals surface area (Å²) in [7, 11) is -2.81. The van der Waals surface area contributed by atoms with Gasteiger partial charge in [0.2, 0.25) is 15.9 Å². The molecule has 1 saturated heterocycles. The Bertz CT molecular complexity index is 1010. The average Bonchev–Trinajstić information content (AvgIpc) is 3.29. The second-order valence-electron chi connectivity index (χ2n) is 9.05. The zero-order valence-corrected chi connectivity index (χ0v) is 19.4. The molecule has 2 unspecified atom stereocenters. The van der Waals surface area contributed by atoms with E-state index >= 15 is 0 Å². The summed E-state index contributed by atoms with van der Waals surface area (Å²) in [5, 5.41) is 12.2. The van der Waals surface area contributed by atoms with E-state index < -0.39 is 44.7 Å². The minimum absolute atomic E-state index is 0.0365. The second kappa shape index (κ2) is 9.13. The number of halogens is 3. The lowest BCUT2D eigenvalue weighted by atomic mass is 9.96. The third-order valence-corrected chi connectivity index (χ3v) is 8.40. The number of nitrogens with zero attached hydrogens (tertiary/aromatic N) is 2. The average molecular weight is 492 g/mol. The Morgan fingerprint density at radius 1 is 1.21 bits per heavy atom. The van der Waals surface area contributed by atoms with Crippen LogP contribution in [0.25, 0.3) is 0 Å². The lowest BCUT2D eigenvalue weighted by Crippen LogP contribution is -2.53. The summed E-state index contributed by atoms with van der Waals surface area (Å²) in [6, 6.07) is 2.44. The van der Waals surface area contributed by atoms with E-state index in [-0.39, 0.29) is 36.9 Å². The predicted molar refractivity (Wildman–Crippen MR) is 113 cm³/mol. The molecule has 0 radical (unpaired) electrons. The van der Waals surface area contributed by atoms with E-state index in [1.165, 1.54) is 11.4 Å². The van der Waals surface area contributed by atoms with Crippen molar-refractivity contribution in [3.8, 4) is 0 Å². The fourth-order valence-corrected chi connectivity index (χ4v) is 6.48. The molecule has 0 bridgehead atoms. The van der Waals surface area contributed by atoms with E-state index in [4.69, 9.17) is 0 Å². The molecule has 1 aromatic rings. The molecule has 1 aliphatic carbocycles. The number of fused-ring (bicyclic) bond motifs is 1. The number of alkyl halides is 3. The van der Waals surface area contributed by atoms with Crippen molar-refractivity contribution >= 4 is 22.0 Å². The number of carboxylic acid groups (broad SMARTS) is 1. The van der Waals surface area contributed by atoms with Crippen LogP contribution >= 0.6 is 0 Å². The van der Waals surface area contributed by atoms with Crippen molar-refractivity contribution in [1.82, 2.24) is 14.5 Å². The van der Waals surface area contributed by atoms with Crippen LogP contribution in [0, 0.1) is 17.8 Å². The molecule has 33 heavy (non-hydrogen) atoms. The minimum Gasteiger partial charge on any atom is -0.465 e. The van der Waals surface area contributed by atoms with Crippen molar-refractivity contribution in [2.45, 2.75) is 49.8 Å². The molecule has 2 amide bonds. The maximum atomic E-state index is 13.0. The fourth-order valence-electron chi connectivity index (χ4n) is 4.89. The first-order chi connectivity index (χ1) is 15.2. The van der Waals surface area contributed by atoms with Gasteiger partial charge in [0, 0.05) is 26.2 Å². The highest BCUT2D eigenvalue weighted by Gasteiger charge is 2.47. The third-order valence-electron chi connectivity index (χ3n) is 6.57. The summed E-state index contributed by atoms with van der Waals surface area (Å²) in [6.45, 7) is 3.72. The smallest absolute Gasteiger partial charge is 0.416 e. The highest BCUT2D eigenvalue weighted by Crippen LogP contribution is 2.41. The van der Waals surface area contributed by atoms with Crippen LogP contribution in [0.4, 0.5) is 18.0 Å². The normalized spacial score (nSPS) is 24.5. The highest BCUT2D eigenvalue weighted by atomic mass is 32.2. The van der Waals surface area contributed by atoms with Gasteiger partial charge < -0.3 is 10.4 Å². The number of amides is 2. The first-order valence-electron chi connectivity index (χ1n) is 10.7. The van der Waals surface area contributed by atoms with Gasteiger partial charge in [-0.25, -0.2) is 13.2 Å². The summed E-state index contributed by atoms with van der Waals surface area (Å²) in [5.41, 5.74) is -1.03. The van der Waals surface area contributed by atoms with Gasteiger partial charge in [0.15, 0.2) is 0 Å². The van der Waals surface area contributed by atoms with Crippen molar-refractivity contribution in [3.05, 3.63) is 29.8 Å². The molecule has 3 rings (SSSR count). The summed E-state index contributed by atoms with van der Waals surface area (Å²) in [4.78, 5) is 24.7. The maximum absolute atomic E-state index is 13.0. The number of likely N-dealkylation sites (N-methyl/N-ethyl adjacent to an activating group) is 1. The van der Waals surface area contributed by atoms with Crippen LogP contribution in [0.2, 0.25) is 0 Å². The Hall–Kier alpha value is -2.34. The van der Waals surface area contributed by atoms with Crippen LogP contribution in [0.3, 0.4) is 0 Å². The molecule has 1 saturated carbocycles. The molecule has 2 N–H and O–H groups in total. The van der Waals surface area contributed by atoms with Crippen LogP contribution in [-0.2, 0) is 21.0 Å². The largest absolute Gasteiger partial charge is 0.465 e. The minimum atomic E-state index is -4.65. The Kier molecular flexibility index (Phi) is 6.99. The molecule has 4 atom stereocenters. The standard InChI is InChI=1S/C21H28F3N3O5S/c1-12(2)18(26(3)20(29)30)19(28)25-17-8-7-13-10-27(11-16(13)17)33(31,32)15-6-4-5-14(9-15)21(22,23)24/h4-6,9,12-13,16-18H,7-8,10-11H2,1-3H3,(H,25,28)(H,29,30)/t13-,16?,17+,18?/m1/s1. The van der Waals surface area contributed by atoms with E-state index in [1.807, 2.05) is 0 Å². The predicted octanol–water partition coefficient (Wildman–Crippen LogP) is 2.86. The quantitative estimate of drug-likeness (QED) is 0.637. The van der Waals surface area contributed by atoms with Gasteiger partial charge >= 0.3 is 12.3 Å². The number of hydrogen-bond acceptors (Lipinski definition) is 4. The Morgan fingerprint density at radius 2 is 1.88 bits per heavy atom. The van der Waals surface area contributed by atoms with Crippen LogP contribution in [-0.4, -0.2) is 67.0 Å². The first kappa shape index (κ1) is 25.3. The van der Waals surface area contributed by atoms with Gasteiger partial charge in [0.05, 0.1) is 10.5 Å².